The number of methoxy groups -OCH3 is 1. The zero-order valence-electron chi connectivity index (χ0n) is 12.9. The Morgan fingerprint density at radius 1 is 1.38 bits per heavy atom. The molecule has 0 spiro atoms. The first-order valence-corrected chi connectivity index (χ1v) is 7.09. The molecule has 0 heterocycles. The second-order valence-electron chi connectivity index (χ2n) is 5.95. The fraction of sp³-hybridized carbons (Fsp3) is 0.562. The van der Waals surface area contributed by atoms with Crippen LogP contribution in [0.1, 0.15) is 38.7 Å². The highest BCUT2D eigenvalue weighted by molar-refractivity contribution is 5.66. The molecule has 5 heteroatoms. The largest absolute Gasteiger partial charge is 0.494 e. The Bertz CT molecular complexity index is 475. The lowest BCUT2D eigenvalue weighted by atomic mass is 9.84. The number of ether oxygens (including phenoxy) is 1. The Labute approximate surface area is 125 Å². The van der Waals surface area contributed by atoms with Gasteiger partial charge in [-0.1, -0.05) is 19.9 Å². The summed E-state index contributed by atoms with van der Waals surface area (Å²) in [4.78, 5) is 10.6. The highest BCUT2D eigenvalue weighted by Crippen LogP contribution is 2.26. The molecule has 0 aliphatic rings. The fourth-order valence-corrected chi connectivity index (χ4v) is 2.05. The normalized spacial score (nSPS) is 11.4. The van der Waals surface area contributed by atoms with Gasteiger partial charge < -0.3 is 15.2 Å². The first-order chi connectivity index (χ1) is 9.84. The second kappa shape index (κ2) is 7.98. The Kier molecular flexibility index (Phi) is 6.62. The van der Waals surface area contributed by atoms with Crippen molar-refractivity contribution in [1.82, 2.24) is 5.32 Å². The van der Waals surface area contributed by atoms with Crippen LogP contribution < -0.4 is 10.1 Å². The molecule has 0 aromatic heterocycles. The smallest absolute Gasteiger partial charge is 0.303 e. The number of benzene rings is 1. The van der Waals surface area contributed by atoms with E-state index in [-0.39, 0.29) is 23.4 Å². The van der Waals surface area contributed by atoms with Crippen molar-refractivity contribution >= 4 is 5.97 Å². The number of nitrogens with one attached hydrogen (secondary N) is 1. The summed E-state index contributed by atoms with van der Waals surface area (Å²) in [6.07, 6.45) is 1.72. The molecule has 1 aromatic rings. The summed E-state index contributed by atoms with van der Waals surface area (Å²) in [5, 5.41) is 12.0. The molecular formula is C16H24FNO3. The van der Waals surface area contributed by atoms with Gasteiger partial charge in [-0.25, -0.2) is 4.39 Å². The minimum atomic E-state index is -0.759. The number of carboxylic acids is 1. The van der Waals surface area contributed by atoms with E-state index in [1.165, 1.54) is 13.2 Å². The maximum absolute atomic E-state index is 13.5. The summed E-state index contributed by atoms with van der Waals surface area (Å²) < 4.78 is 18.4. The van der Waals surface area contributed by atoms with Crippen LogP contribution in [-0.2, 0) is 11.3 Å². The second-order valence-corrected chi connectivity index (χ2v) is 5.95. The van der Waals surface area contributed by atoms with Crippen molar-refractivity contribution in [2.45, 2.75) is 39.7 Å². The Hall–Kier alpha value is -1.62. The van der Waals surface area contributed by atoms with Gasteiger partial charge in [-0.3, -0.25) is 4.79 Å². The monoisotopic (exact) mass is 297 g/mol. The van der Waals surface area contributed by atoms with Crippen LogP contribution in [0.15, 0.2) is 18.2 Å². The molecule has 2 N–H and O–H groups in total. The van der Waals surface area contributed by atoms with E-state index >= 15 is 0 Å². The van der Waals surface area contributed by atoms with Gasteiger partial charge in [0.05, 0.1) is 7.11 Å². The zero-order chi connectivity index (χ0) is 15.9. The third-order valence-electron chi connectivity index (χ3n) is 3.54. The Balaban J connectivity index is 2.33. The van der Waals surface area contributed by atoms with Gasteiger partial charge in [0.25, 0.3) is 0 Å². The van der Waals surface area contributed by atoms with Crippen molar-refractivity contribution in [3.05, 3.63) is 29.6 Å². The number of rotatable bonds is 9. The van der Waals surface area contributed by atoms with Crippen LogP contribution in [0.5, 0.6) is 5.75 Å². The zero-order valence-corrected chi connectivity index (χ0v) is 12.9. The first kappa shape index (κ1) is 17.4. The fourth-order valence-electron chi connectivity index (χ4n) is 2.05. The highest BCUT2D eigenvalue weighted by atomic mass is 19.1. The van der Waals surface area contributed by atoms with Gasteiger partial charge in [0.2, 0.25) is 0 Å². The van der Waals surface area contributed by atoms with Crippen molar-refractivity contribution < 1.29 is 19.0 Å². The molecule has 0 saturated heterocycles. The van der Waals surface area contributed by atoms with Crippen LogP contribution in [0.25, 0.3) is 0 Å². The van der Waals surface area contributed by atoms with Gasteiger partial charge in [0, 0.05) is 13.0 Å². The summed E-state index contributed by atoms with van der Waals surface area (Å²) in [5.41, 5.74) is 0.841. The van der Waals surface area contributed by atoms with Crippen LogP contribution in [0.2, 0.25) is 0 Å². The number of aliphatic carboxylic acids is 1. The maximum Gasteiger partial charge on any atom is 0.303 e. The van der Waals surface area contributed by atoms with Crippen molar-refractivity contribution in [3.63, 3.8) is 0 Å². The SMILES string of the molecule is COc1ccc(CNCCC(C)(C)CCC(=O)O)cc1F. The molecule has 1 aromatic carbocycles. The molecular weight excluding hydrogens is 273 g/mol. The van der Waals surface area contributed by atoms with E-state index in [0.29, 0.717) is 13.0 Å². The topological polar surface area (TPSA) is 58.6 Å². The van der Waals surface area contributed by atoms with Gasteiger partial charge >= 0.3 is 5.97 Å². The molecule has 0 amide bonds. The summed E-state index contributed by atoms with van der Waals surface area (Å²) in [6.45, 7) is 5.46. The van der Waals surface area contributed by atoms with Crippen molar-refractivity contribution in [2.24, 2.45) is 5.41 Å². The summed E-state index contributed by atoms with van der Waals surface area (Å²) in [5.74, 6) is -0.878. The van der Waals surface area contributed by atoms with E-state index in [1.807, 2.05) is 6.07 Å². The molecule has 0 unspecified atom stereocenters. The number of hydrogen-bond acceptors (Lipinski definition) is 3. The van der Waals surface area contributed by atoms with Gasteiger partial charge in [0.1, 0.15) is 0 Å². The van der Waals surface area contributed by atoms with E-state index in [4.69, 9.17) is 9.84 Å². The van der Waals surface area contributed by atoms with E-state index in [2.05, 4.69) is 19.2 Å². The molecule has 118 valence electrons. The molecule has 0 atom stereocenters. The first-order valence-electron chi connectivity index (χ1n) is 7.09. The number of halogens is 1. The maximum atomic E-state index is 13.5. The van der Waals surface area contributed by atoms with E-state index in [0.717, 1.165) is 18.5 Å². The van der Waals surface area contributed by atoms with Crippen LogP contribution >= 0.6 is 0 Å². The van der Waals surface area contributed by atoms with E-state index in [1.54, 1.807) is 6.07 Å². The van der Waals surface area contributed by atoms with Gasteiger partial charge in [-0.05, 0) is 42.5 Å². The van der Waals surface area contributed by atoms with Gasteiger partial charge in [0.15, 0.2) is 11.6 Å². The highest BCUT2D eigenvalue weighted by Gasteiger charge is 2.18. The molecule has 21 heavy (non-hydrogen) atoms. The number of hydrogen-bond donors (Lipinski definition) is 2. The molecule has 0 radical (unpaired) electrons. The number of carboxylic acid groups (broad SMARTS) is 1. The summed E-state index contributed by atoms with van der Waals surface area (Å²) in [7, 11) is 1.44. The van der Waals surface area contributed by atoms with Crippen molar-refractivity contribution in [1.29, 1.82) is 0 Å². The molecule has 0 bridgehead atoms. The van der Waals surface area contributed by atoms with Crippen molar-refractivity contribution in [3.8, 4) is 5.75 Å². The van der Waals surface area contributed by atoms with Gasteiger partial charge in [-0.2, -0.15) is 0 Å². The molecule has 1 rings (SSSR count). The standard InChI is InChI=1S/C16H24FNO3/c1-16(2,7-6-15(19)20)8-9-18-11-12-4-5-14(21-3)13(17)10-12/h4-5,10,18H,6-9,11H2,1-3H3,(H,19,20). The van der Waals surface area contributed by atoms with Crippen molar-refractivity contribution in [2.75, 3.05) is 13.7 Å². The van der Waals surface area contributed by atoms with Crippen LogP contribution in [-0.4, -0.2) is 24.7 Å². The minimum Gasteiger partial charge on any atom is -0.494 e. The van der Waals surface area contributed by atoms with E-state index in [9.17, 15) is 9.18 Å². The molecule has 0 saturated carbocycles. The quantitative estimate of drug-likeness (QED) is 0.687. The average Bonchev–Trinajstić information content (AvgIpc) is 2.42. The summed E-state index contributed by atoms with van der Waals surface area (Å²) >= 11 is 0. The lowest BCUT2D eigenvalue weighted by molar-refractivity contribution is -0.137. The third kappa shape index (κ3) is 6.58. The van der Waals surface area contributed by atoms with Crippen LogP contribution in [0.3, 0.4) is 0 Å². The van der Waals surface area contributed by atoms with Crippen LogP contribution in [0, 0.1) is 11.2 Å². The average molecular weight is 297 g/mol. The Morgan fingerprint density at radius 2 is 2.10 bits per heavy atom. The molecule has 0 aliphatic heterocycles. The van der Waals surface area contributed by atoms with Gasteiger partial charge in [-0.15, -0.1) is 0 Å². The van der Waals surface area contributed by atoms with E-state index < -0.39 is 5.97 Å². The molecule has 4 nitrogen and oxygen atoms in total. The third-order valence-corrected chi connectivity index (χ3v) is 3.54. The number of carbonyl (C=O) groups is 1. The molecule has 0 fully saturated rings. The predicted molar refractivity (Wildman–Crippen MR) is 79.9 cm³/mol. The predicted octanol–water partition coefficient (Wildman–Crippen LogP) is 3.21. The summed E-state index contributed by atoms with van der Waals surface area (Å²) in [6, 6.07) is 4.90. The lowest BCUT2D eigenvalue weighted by Crippen LogP contribution is -2.23. The minimum absolute atomic E-state index is 0.0173. The Morgan fingerprint density at radius 3 is 2.67 bits per heavy atom. The van der Waals surface area contributed by atoms with Crippen LogP contribution in [0.4, 0.5) is 4.39 Å². The molecule has 0 aliphatic carbocycles. The lowest BCUT2D eigenvalue weighted by Gasteiger charge is -2.23.